The smallest absolute Gasteiger partial charge is 0.142 e. The van der Waals surface area contributed by atoms with Gasteiger partial charge in [0.2, 0.25) is 0 Å². The molecule has 106 valence electrons. The number of pyridine rings is 1. The number of methoxy groups -OCH3 is 1. The molecule has 0 aliphatic carbocycles. The van der Waals surface area contributed by atoms with Gasteiger partial charge in [-0.15, -0.1) is 0 Å². The molecule has 1 unspecified atom stereocenters. The van der Waals surface area contributed by atoms with Crippen molar-refractivity contribution in [1.82, 2.24) is 10.3 Å². The van der Waals surface area contributed by atoms with Crippen molar-refractivity contribution >= 4 is 22.6 Å². The zero-order valence-corrected chi connectivity index (χ0v) is 13.9. The maximum Gasteiger partial charge on any atom is 0.142 e. The SMILES string of the molecule is CCCNC(c1cccc(I)c1)c1ncccc1OC. The standard InChI is InChI=1S/C16H19IN2O/c1-3-9-18-15(12-6-4-7-13(17)11-12)16-14(20-2)8-5-10-19-16/h4-8,10-11,15,18H,3,9H2,1-2H3. The second-order valence-corrected chi connectivity index (χ2v) is 5.78. The quantitative estimate of drug-likeness (QED) is 0.773. The van der Waals surface area contributed by atoms with Crippen molar-refractivity contribution < 1.29 is 4.74 Å². The van der Waals surface area contributed by atoms with E-state index >= 15 is 0 Å². The van der Waals surface area contributed by atoms with Crippen molar-refractivity contribution in [3.05, 3.63) is 57.4 Å². The molecule has 1 N–H and O–H groups in total. The average Bonchev–Trinajstić information content (AvgIpc) is 2.48. The molecule has 0 spiro atoms. The Bertz CT molecular complexity index is 560. The van der Waals surface area contributed by atoms with E-state index in [-0.39, 0.29) is 6.04 Å². The van der Waals surface area contributed by atoms with Gasteiger partial charge in [0.05, 0.1) is 13.2 Å². The van der Waals surface area contributed by atoms with Gasteiger partial charge in [-0.2, -0.15) is 0 Å². The van der Waals surface area contributed by atoms with E-state index in [0.29, 0.717) is 0 Å². The largest absolute Gasteiger partial charge is 0.495 e. The van der Waals surface area contributed by atoms with Crippen LogP contribution in [-0.4, -0.2) is 18.6 Å². The first kappa shape index (κ1) is 15.3. The number of benzene rings is 1. The fourth-order valence-corrected chi connectivity index (χ4v) is 2.71. The number of nitrogens with one attached hydrogen (secondary N) is 1. The molecule has 0 saturated carbocycles. The van der Waals surface area contributed by atoms with Crippen LogP contribution in [0.2, 0.25) is 0 Å². The van der Waals surface area contributed by atoms with E-state index in [4.69, 9.17) is 4.74 Å². The molecular formula is C16H19IN2O. The highest BCUT2D eigenvalue weighted by Gasteiger charge is 2.19. The topological polar surface area (TPSA) is 34.2 Å². The Labute approximate surface area is 133 Å². The van der Waals surface area contributed by atoms with Crippen LogP contribution < -0.4 is 10.1 Å². The second-order valence-electron chi connectivity index (χ2n) is 4.53. The summed E-state index contributed by atoms with van der Waals surface area (Å²) >= 11 is 2.33. The molecule has 0 saturated heterocycles. The molecule has 4 heteroatoms. The minimum absolute atomic E-state index is 0.0563. The lowest BCUT2D eigenvalue weighted by Gasteiger charge is -2.20. The van der Waals surface area contributed by atoms with E-state index in [1.807, 2.05) is 18.3 Å². The molecule has 1 atom stereocenters. The summed E-state index contributed by atoms with van der Waals surface area (Å²) in [6.45, 7) is 3.10. The highest BCUT2D eigenvalue weighted by Crippen LogP contribution is 2.28. The Balaban J connectivity index is 2.41. The van der Waals surface area contributed by atoms with E-state index in [9.17, 15) is 0 Å². The van der Waals surface area contributed by atoms with Gasteiger partial charge in [0.25, 0.3) is 0 Å². The molecule has 20 heavy (non-hydrogen) atoms. The number of aromatic nitrogens is 1. The summed E-state index contributed by atoms with van der Waals surface area (Å²) in [6, 6.07) is 12.4. The number of halogens is 1. The van der Waals surface area contributed by atoms with E-state index in [0.717, 1.165) is 24.4 Å². The van der Waals surface area contributed by atoms with Crippen LogP contribution in [0.3, 0.4) is 0 Å². The second kappa shape index (κ2) is 7.59. The van der Waals surface area contributed by atoms with Gasteiger partial charge in [0, 0.05) is 9.77 Å². The molecule has 0 fully saturated rings. The van der Waals surface area contributed by atoms with Crippen LogP contribution in [0.4, 0.5) is 0 Å². The molecule has 0 aliphatic rings. The zero-order valence-electron chi connectivity index (χ0n) is 11.8. The van der Waals surface area contributed by atoms with Gasteiger partial charge < -0.3 is 10.1 Å². The van der Waals surface area contributed by atoms with Gasteiger partial charge in [-0.25, -0.2) is 0 Å². The summed E-state index contributed by atoms with van der Waals surface area (Å²) < 4.78 is 6.67. The number of rotatable bonds is 6. The van der Waals surface area contributed by atoms with Crippen LogP contribution in [0.1, 0.15) is 30.6 Å². The minimum Gasteiger partial charge on any atom is -0.495 e. The predicted molar refractivity (Wildman–Crippen MR) is 90.1 cm³/mol. The van der Waals surface area contributed by atoms with Crippen LogP contribution in [0.15, 0.2) is 42.6 Å². The average molecular weight is 382 g/mol. The monoisotopic (exact) mass is 382 g/mol. The van der Waals surface area contributed by atoms with Crippen LogP contribution >= 0.6 is 22.6 Å². The lowest BCUT2D eigenvalue weighted by Crippen LogP contribution is -2.24. The lowest BCUT2D eigenvalue weighted by atomic mass is 10.0. The molecule has 0 radical (unpaired) electrons. The van der Waals surface area contributed by atoms with Crippen molar-refractivity contribution in [1.29, 1.82) is 0 Å². The van der Waals surface area contributed by atoms with Gasteiger partial charge in [-0.1, -0.05) is 19.1 Å². The van der Waals surface area contributed by atoms with E-state index in [1.54, 1.807) is 7.11 Å². The Hall–Kier alpha value is -1.14. The molecular weight excluding hydrogens is 363 g/mol. The van der Waals surface area contributed by atoms with E-state index in [2.05, 4.69) is 64.1 Å². The summed E-state index contributed by atoms with van der Waals surface area (Å²) in [5, 5.41) is 3.56. The fraction of sp³-hybridized carbons (Fsp3) is 0.312. The van der Waals surface area contributed by atoms with Crippen molar-refractivity contribution in [2.75, 3.05) is 13.7 Å². The van der Waals surface area contributed by atoms with Crippen molar-refractivity contribution in [3.8, 4) is 5.75 Å². The Morgan fingerprint density at radius 2 is 2.15 bits per heavy atom. The highest BCUT2D eigenvalue weighted by atomic mass is 127. The van der Waals surface area contributed by atoms with E-state index < -0.39 is 0 Å². The van der Waals surface area contributed by atoms with Crippen molar-refractivity contribution in [3.63, 3.8) is 0 Å². The third kappa shape index (κ3) is 3.70. The van der Waals surface area contributed by atoms with Gasteiger partial charge in [-0.05, 0) is 65.4 Å². The van der Waals surface area contributed by atoms with Crippen LogP contribution in [0.25, 0.3) is 0 Å². The summed E-state index contributed by atoms with van der Waals surface area (Å²) in [6.07, 6.45) is 2.89. The first-order valence-corrected chi connectivity index (χ1v) is 7.82. The summed E-state index contributed by atoms with van der Waals surface area (Å²) in [5.41, 5.74) is 2.15. The van der Waals surface area contributed by atoms with Gasteiger partial charge >= 0.3 is 0 Å². The highest BCUT2D eigenvalue weighted by molar-refractivity contribution is 14.1. The maximum absolute atomic E-state index is 5.45. The first-order chi connectivity index (χ1) is 9.76. The fourth-order valence-electron chi connectivity index (χ4n) is 2.14. The molecule has 0 amide bonds. The van der Waals surface area contributed by atoms with Crippen LogP contribution in [-0.2, 0) is 0 Å². The number of nitrogens with zero attached hydrogens (tertiary/aromatic N) is 1. The Morgan fingerprint density at radius 3 is 2.85 bits per heavy atom. The number of hydrogen-bond acceptors (Lipinski definition) is 3. The lowest BCUT2D eigenvalue weighted by molar-refractivity contribution is 0.399. The van der Waals surface area contributed by atoms with Gasteiger partial charge in [-0.3, -0.25) is 4.98 Å². The molecule has 1 aromatic heterocycles. The van der Waals surface area contributed by atoms with Gasteiger partial charge in [0.1, 0.15) is 11.4 Å². The summed E-state index contributed by atoms with van der Waals surface area (Å²) in [4.78, 5) is 4.52. The molecule has 1 heterocycles. The Morgan fingerprint density at radius 1 is 1.30 bits per heavy atom. The third-order valence-electron chi connectivity index (χ3n) is 3.07. The van der Waals surface area contributed by atoms with Crippen molar-refractivity contribution in [2.45, 2.75) is 19.4 Å². The zero-order chi connectivity index (χ0) is 14.4. The maximum atomic E-state index is 5.45. The van der Waals surface area contributed by atoms with Crippen LogP contribution in [0, 0.1) is 3.57 Å². The summed E-state index contributed by atoms with van der Waals surface area (Å²) in [5.74, 6) is 0.819. The molecule has 0 bridgehead atoms. The van der Waals surface area contributed by atoms with Crippen LogP contribution in [0.5, 0.6) is 5.75 Å². The van der Waals surface area contributed by atoms with Crippen molar-refractivity contribution in [2.24, 2.45) is 0 Å². The molecule has 0 aliphatic heterocycles. The number of hydrogen-bond donors (Lipinski definition) is 1. The molecule has 1 aromatic carbocycles. The molecule has 2 aromatic rings. The van der Waals surface area contributed by atoms with Gasteiger partial charge in [0.15, 0.2) is 0 Å². The number of ether oxygens (including phenoxy) is 1. The third-order valence-corrected chi connectivity index (χ3v) is 3.74. The molecule has 2 rings (SSSR count). The predicted octanol–water partition coefficient (Wildman–Crippen LogP) is 3.78. The normalized spacial score (nSPS) is 12.2. The first-order valence-electron chi connectivity index (χ1n) is 6.74. The Kier molecular flexibility index (Phi) is 5.79. The minimum atomic E-state index is 0.0563. The van der Waals surface area contributed by atoms with E-state index in [1.165, 1.54) is 9.13 Å². The molecule has 3 nitrogen and oxygen atoms in total. The summed E-state index contributed by atoms with van der Waals surface area (Å²) in [7, 11) is 1.69.